The van der Waals surface area contributed by atoms with E-state index in [1.165, 1.54) is 47.0 Å². The molecule has 104 heavy (non-hydrogen) atoms. The number of nitriles is 4. The maximum Gasteiger partial charge on any atom is 0.379 e. The van der Waals surface area contributed by atoms with Crippen LogP contribution in [0.25, 0.3) is 0 Å². The molecule has 0 radical (unpaired) electrons. The lowest BCUT2D eigenvalue weighted by molar-refractivity contribution is -0.135. The standard InChI is InChI=1S/C21H20ClFN4O3.C18H13ClFN3O4.C17H11ClFN3O4.C15H11ClFN3O/c1-21(2,3)26-20(30)18(28)15-14-5-4-8-27(14)17(16(15)22)19(29)25-12-6-7-13(23)11(9-12)10-24;1-27-18(26)16(24)13-12-3-2-6-23(12)15(14(13)19)17(25)22-10-4-5-11(20)9(7-10)8-21;18-13-12(15(23)17(25)26)11-2-1-5-22(11)14(13)16(24)21-9-3-4-10(19)8(6-9)7-20;16-12-7-11-2-1-5-20(11)14(12)15(21)19-10-3-4-13(17)9(6-10)8-18/h6-7,9H,4-5,8H2,1-3H3,(H,25,29)(H,26,30);4-5,7H,2-3,6H2,1H3,(H,22,25);3-4,6H,1-2,5H2,(H,21,24)(H,25,26);3-4,6-7H,1-2,5H2,(H,19,21). The molecule has 4 aromatic carbocycles. The molecule has 0 aliphatic carbocycles. The third kappa shape index (κ3) is 16.1. The zero-order valence-corrected chi connectivity index (χ0v) is 58.1. The molecule has 4 aliphatic heterocycles. The van der Waals surface area contributed by atoms with Crippen LogP contribution in [0.2, 0.25) is 20.1 Å². The van der Waals surface area contributed by atoms with Gasteiger partial charge >= 0.3 is 11.9 Å². The number of hydrogen-bond donors (Lipinski definition) is 6. The number of nitrogens with zero attached hydrogens (tertiary/aromatic N) is 8. The van der Waals surface area contributed by atoms with Crippen LogP contribution >= 0.6 is 46.4 Å². The van der Waals surface area contributed by atoms with Crippen LogP contribution in [0.4, 0.5) is 40.3 Å². The summed E-state index contributed by atoms with van der Waals surface area (Å²) in [4.78, 5) is 123. The summed E-state index contributed by atoms with van der Waals surface area (Å²) < 4.78 is 64.7. The van der Waals surface area contributed by atoms with E-state index in [-0.39, 0.29) is 94.1 Å². The highest BCUT2D eigenvalue weighted by Crippen LogP contribution is 2.38. The molecule has 0 spiro atoms. The van der Waals surface area contributed by atoms with Gasteiger partial charge in [0.1, 0.15) is 70.3 Å². The molecule has 532 valence electrons. The van der Waals surface area contributed by atoms with Crippen molar-refractivity contribution in [2.75, 3.05) is 28.4 Å². The van der Waals surface area contributed by atoms with Crippen molar-refractivity contribution in [2.45, 2.75) is 104 Å². The number of amides is 5. The average Bonchev–Trinajstić information content (AvgIpc) is 1.61. The lowest BCUT2D eigenvalue weighted by Crippen LogP contribution is -2.44. The number of carbonyl (C=O) groups excluding carboxylic acids is 9. The lowest BCUT2D eigenvalue weighted by atomic mass is 10.1. The number of Topliss-reactive ketones (excluding diaryl/α,β-unsaturated/α-hetero) is 3. The molecule has 0 fully saturated rings. The summed E-state index contributed by atoms with van der Waals surface area (Å²) in [5.74, 6) is -11.4. The van der Waals surface area contributed by atoms with Crippen LogP contribution < -0.4 is 26.6 Å². The Hall–Kier alpha value is -11.9. The maximum absolute atomic E-state index is 13.5. The van der Waals surface area contributed by atoms with Crippen molar-refractivity contribution in [2.24, 2.45) is 0 Å². The minimum atomic E-state index is -1.66. The number of ketones is 3. The number of aromatic nitrogens is 4. The van der Waals surface area contributed by atoms with Crippen LogP contribution in [0.15, 0.2) is 78.9 Å². The molecule has 33 heteroatoms. The molecule has 4 aliphatic rings. The van der Waals surface area contributed by atoms with Crippen molar-refractivity contribution in [1.82, 2.24) is 23.6 Å². The Morgan fingerprint density at radius 1 is 0.452 bits per heavy atom. The highest BCUT2D eigenvalue weighted by molar-refractivity contribution is 6.49. The van der Waals surface area contributed by atoms with Crippen molar-refractivity contribution >= 4 is 128 Å². The number of halogens is 8. The first-order valence-corrected chi connectivity index (χ1v) is 32.8. The number of carbonyl (C=O) groups is 10. The van der Waals surface area contributed by atoms with Crippen molar-refractivity contribution in [1.29, 1.82) is 21.0 Å². The fraction of sp³-hybridized carbons (Fsp3) is 0.239. The second-order valence-corrected chi connectivity index (χ2v) is 25.9. The molecular weight excluding hydrogens is 1440 g/mol. The van der Waals surface area contributed by atoms with E-state index >= 15 is 0 Å². The van der Waals surface area contributed by atoms with Gasteiger partial charge in [0.15, 0.2) is 0 Å². The minimum Gasteiger partial charge on any atom is -0.475 e. The highest BCUT2D eigenvalue weighted by Gasteiger charge is 2.38. The minimum absolute atomic E-state index is 0.0258. The fourth-order valence-electron chi connectivity index (χ4n) is 12.0. The van der Waals surface area contributed by atoms with E-state index in [2.05, 4.69) is 31.3 Å². The molecule has 0 unspecified atom stereocenters. The molecule has 12 rings (SSSR count). The van der Waals surface area contributed by atoms with Crippen molar-refractivity contribution in [3.8, 4) is 24.3 Å². The van der Waals surface area contributed by atoms with Crippen LogP contribution in [0.3, 0.4) is 0 Å². The van der Waals surface area contributed by atoms with E-state index in [0.717, 1.165) is 62.5 Å². The van der Waals surface area contributed by atoms with Crippen LogP contribution in [-0.2, 0) is 71.0 Å². The van der Waals surface area contributed by atoms with Crippen molar-refractivity contribution < 1.29 is 75.4 Å². The molecule has 0 atom stereocenters. The number of rotatable bonds is 14. The largest absolute Gasteiger partial charge is 0.475 e. The van der Waals surface area contributed by atoms with E-state index < -0.39 is 81.7 Å². The molecule has 4 aromatic heterocycles. The summed E-state index contributed by atoms with van der Waals surface area (Å²) in [5, 5.41) is 57.3. The predicted octanol–water partition coefficient (Wildman–Crippen LogP) is 12.1. The molecule has 0 saturated heterocycles. The Labute approximate surface area is 608 Å². The van der Waals surface area contributed by atoms with Crippen molar-refractivity contribution in [3.63, 3.8) is 0 Å². The molecule has 8 aromatic rings. The topological polar surface area (TPSA) is 375 Å². The number of esters is 1. The fourth-order valence-corrected chi connectivity index (χ4v) is 13.5. The van der Waals surface area contributed by atoms with Gasteiger partial charge in [-0.1, -0.05) is 46.4 Å². The third-order valence-electron chi connectivity index (χ3n) is 16.5. The second kappa shape index (κ2) is 32.0. The Morgan fingerprint density at radius 2 is 0.760 bits per heavy atom. The molecule has 0 saturated carbocycles. The number of hydrogen-bond acceptors (Lipinski definition) is 15. The summed E-state index contributed by atoms with van der Waals surface area (Å²) in [7, 11) is 1.08. The van der Waals surface area contributed by atoms with Gasteiger partial charge in [0.2, 0.25) is 0 Å². The molecular formula is C71H55Cl4F4N13O12. The van der Waals surface area contributed by atoms with Gasteiger partial charge in [-0.05, 0) is 151 Å². The van der Waals surface area contributed by atoms with Gasteiger partial charge in [-0.3, -0.25) is 38.4 Å². The number of ether oxygens (including phenoxy) is 1. The average molecular weight is 1500 g/mol. The van der Waals surface area contributed by atoms with Gasteiger partial charge < -0.3 is 54.7 Å². The first-order chi connectivity index (χ1) is 49.4. The number of benzene rings is 4. The van der Waals surface area contributed by atoms with Gasteiger partial charge in [-0.15, -0.1) is 0 Å². The summed E-state index contributed by atoms with van der Waals surface area (Å²) in [6, 6.07) is 23.1. The van der Waals surface area contributed by atoms with Crippen LogP contribution in [-0.4, -0.2) is 94.8 Å². The quantitative estimate of drug-likeness (QED) is 0.0255. The number of carboxylic acids is 1. The molecule has 6 N–H and O–H groups in total. The lowest BCUT2D eigenvalue weighted by Gasteiger charge is -2.19. The first kappa shape index (κ1) is 76.3. The molecule has 0 bridgehead atoms. The zero-order valence-electron chi connectivity index (χ0n) is 55.0. The Kier molecular flexibility index (Phi) is 23.5. The maximum atomic E-state index is 13.5. The first-order valence-electron chi connectivity index (χ1n) is 31.3. The summed E-state index contributed by atoms with van der Waals surface area (Å²) in [6.45, 7) is 7.36. The second-order valence-electron chi connectivity index (χ2n) is 24.3. The van der Waals surface area contributed by atoms with E-state index in [1.54, 1.807) is 60.2 Å². The third-order valence-corrected chi connectivity index (χ3v) is 17.8. The Bertz CT molecular complexity index is 5180. The van der Waals surface area contributed by atoms with Gasteiger partial charge in [0, 0.05) is 77.2 Å². The van der Waals surface area contributed by atoms with E-state index in [9.17, 15) is 65.5 Å². The summed E-state index contributed by atoms with van der Waals surface area (Å²) in [6.07, 6.45) is 5.33. The Balaban J connectivity index is 0.000000162. The van der Waals surface area contributed by atoms with Gasteiger partial charge in [0.25, 0.3) is 46.9 Å². The normalized spacial score (nSPS) is 12.5. The smallest absolute Gasteiger partial charge is 0.379 e. The highest BCUT2D eigenvalue weighted by atomic mass is 35.5. The molecule has 8 heterocycles. The van der Waals surface area contributed by atoms with Crippen LogP contribution in [0.1, 0.15) is 165 Å². The SMILES string of the molecule is CC(C)(C)NC(=O)C(=O)c1c(Cl)c(C(=O)Nc2ccc(F)c(C#N)c2)n2c1CCC2.COC(=O)C(=O)c1c(Cl)c(C(=O)Nc2ccc(F)c(C#N)c2)n2c1CCC2.N#Cc1cc(NC(=O)c2c(Cl)c(C(=O)C(=O)O)c3n2CCC3)ccc1F.N#Cc1cc(NC(=O)c2c(Cl)cc3n2CCC3)ccc1F. The summed E-state index contributed by atoms with van der Waals surface area (Å²) >= 11 is 24.9. The molecule has 25 nitrogen and oxygen atoms in total. The van der Waals surface area contributed by atoms with E-state index in [0.29, 0.717) is 91.6 Å². The number of methoxy groups -OCH3 is 1. The number of aliphatic carboxylic acids is 1. The van der Waals surface area contributed by atoms with Crippen LogP contribution in [0, 0.1) is 68.6 Å². The van der Waals surface area contributed by atoms with Gasteiger partial charge in [-0.2, -0.15) is 21.0 Å². The number of carboxylic acid groups (broad SMARTS) is 1. The number of anilines is 4. The van der Waals surface area contributed by atoms with Crippen molar-refractivity contribution in [3.05, 3.63) is 207 Å². The van der Waals surface area contributed by atoms with E-state index in [4.69, 9.17) is 72.6 Å². The van der Waals surface area contributed by atoms with Crippen LogP contribution in [0.5, 0.6) is 0 Å². The molecule has 5 amide bonds. The summed E-state index contributed by atoms with van der Waals surface area (Å²) in [5.41, 5.74) is 2.29. The Morgan fingerprint density at radius 3 is 1.08 bits per heavy atom. The zero-order chi connectivity index (χ0) is 75.9. The van der Waals surface area contributed by atoms with E-state index in [1.807, 2.05) is 4.57 Å². The number of fused-ring (bicyclic) bond motifs is 4. The number of aryl methyl sites for hydroxylation is 1. The van der Waals surface area contributed by atoms with Gasteiger partial charge in [-0.25, -0.2) is 27.2 Å². The number of nitrogens with one attached hydrogen (secondary N) is 5. The van der Waals surface area contributed by atoms with Gasteiger partial charge in [0.05, 0.1) is 66.1 Å². The monoisotopic (exact) mass is 1500 g/mol. The predicted molar refractivity (Wildman–Crippen MR) is 368 cm³/mol.